The summed E-state index contributed by atoms with van der Waals surface area (Å²) in [6.45, 7) is 4.80. The van der Waals surface area contributed by atoms with E-state index in [0.29, 0.717) is 12.6 Å². The SMILES string of the molecule is O=C(NC1COc2ccccc2C1)N1CCC(N2CCCCC2)CC1. The number of nitrogens with zero attached hydrogens (tertiary/aromatic N) is 2. The Morgan fingerprint density at radius 3 is 2.60 bits per heavy atom. The summed E-state index contributed by atoms with van der Waals surface area (Å²) in [5.74, 6) is 0.954. The van der Waals surface area contributed by atoms with Crippen molar-refractivity contribution in [2.45, 2.75) is 50.6 Å². The zero-order valence-electron chi connectivity index (χ0n) is 15.0. The van der Waals surface area contributed by atoms with Gasteiger partial charge in [-0.2, -0.15) is 0 Å². The van der Waals surface area contributed by atoms with E-state index in [1.54, 1.807) is 0 Å². The molecule has 3 aliphatic heterocycles. The Bertz CT molecular complexity index is 592. The predicted octanol–water partition coefficient (Wildman–Crippen LogP) is 2.65. The molecular weight excluding hydrogens is 314 g/mol. The van der Waals surface area contributed by atoms with Gasteiger partial charge in [-0.3, -0.25) is 0 Å². The molecular formula is C20H29N3O2. The Morgan fingerprint density at radius 2 is 1.80 bits per heavy atom. The Kier molecular flexibility index (Phi) is 5.11. The first-order valence-electron chi connectivity index (χ1n) is 9.80. The maximum Gasteiger partial charge on any atom is 0.317 e. The van der Waals surface area contributed by atoms with E-state index in [1.807, 2.05) is 23.1 Å². The van der Waals surface area contributed by atoms with Crippen molar-refractivity contribution in [3.63, 3.8) is 0 Å². The van der Waals surface area contributed by atoms with Gasteiger partial charge >= 0.3 is 6.03 Å². The number of fused-ring (bicyclic) bond motifs is 1. The summed E-state index contributed by atoms with van der Waals surface area (Å²) < 4.78 is 5.78. The molecule has 3 heterocycles. The van der Waals surface area contributed by atoms with Crippen LogP contribution in [0, 0.1) is 0 Å². The van der Waals surface area contributed by atoms with Gasteiger partial charge in [0.25, 0.3) is 0 Å². The molecule has 2 amide bonds. The number of hydrogen-bond donors (Lipinski definition) is 1. The maximum atomic E-state index is 12.6. The fourth-order valence-corrected chi connectivity index (χ4v) is 4.40. The second-order valence-electron chi connectivity index (χ2n) is 7.58. The first-order chi connectivity index (χ1) is 12.3. The van der Waals surface area contributed by atoms with Crippen LogP contribution in [0.5, 0.6) is 5.75 Å². The van der Waals surface area contributed by atoms with Crippen molar-refractivity contribution in [2.75, 3.05) is 32.8 Å². The Morgan fingerprint density at radius 1 is 1.04 bits per heavy atom. The minimum Gasteiger partial charge on any atom is -0.491 e. The van der Waals surface area contributed by atoms with Gasteiger partial charge in [0, 0.05) is 19.1 Å². The smallest absolute Gasteiger partial charge is 0.317 e. The average molecular weight is 343 g/mol. The number of rotatable bonds is 2. The number of likely N-dealkylation sites (tertiary alicyclic amines) is 2. The van der Waals surface area contributed by atoms with Gasteiger partial charge in [0.2, 0.25) is 0 Å². The number of ether oxygens (including phenoxy) is 1. The zero-order chi connectivity index (χ0) is 17.1. The van der Waals surface area contributed by atoms with Crippen LogP contribution in [0.25, 0.3) is 0 Å². The van der Waals surface area contributed by atoms with E-state index in [-0.39, 0.29) is 12.1 Å². The first kappa shape index (κ1) is 16.7. The van der Waals surface area contributed by atoms with Gasteiger partial charge in [-0.15, -0.1) is 0 Å². The van der Waals surface area contributed by atoms with Crippen molar-refractivity contribution in [3.05, 3.63) is 29.8 Å². The van der Waals surface area contributed by atoms with Crippen LogP contribution in [0.15, 0.2) is 24.3 Å². The molecule has 4 rings (SSSR count). The van der Waals surface area contributed by atoms with Gasteiger partial charge in [0.1, 0.15) is 12.4 Å². The number of nitrogens with one attached hydrogen (secondary N) is 1. The summed E-state index contributed by atoms with van der Waals surface area (Å²) >= 11 is 0. The molecule has 5 nitrogen and oxygen atoms in total. The number of benzene rings is 1. The van der Waals surface area contributed by atoms with Gasteiger partial charge in [0.15, 0.2) is 0 Å². The van der Waals surface area contributed by atoms with Crippen LogP contribution in [0.2, 0.25) is 0 Å². The highest BCUT2D eigenvalue weighted by molar-refractivity contribution is 5.74. The van der Waals surface area contributed by atoms with Crippen molar-refractivity contribution >= 4 is 6.03 Å². The molecule has 0 saturated carbocycles. The molecule has 0 spiro atoms. The zero-order valence-corrected chi connectivity index (χ0v) is 15.0. The van der Waals surface area contributed by atoms with E-state index in [2.05, 4.69) is 16.3 Å². The van der Waals surface area contributed by atoms with E-state index in [9.17, 15) is 4.79 Å². The summed E-state index contributed by atoms with van der Waals surface area (Å²) in [5, 5.41) is 3.17. The molecule has 2 fully saturated rings. The maximum absolute atomic E-state index is 12.6. The van der Waals surface area contributed by atoms with Crippen LogP contribution < -0.4 is 10.1 Å². The standard InChI is InChI=1S/C20H29N3O2/c24-20(21-17-14-16-6-2-3-7-19(16)25-15-17)23-12-8-18(9-13-23)22-10-4-1-5-11-22/h2-3,6-7,17-18H,1,4-5,8-15H2,(H,21,24). The van der Waals surface area contributed by atoms with Crippen molar-refractivity contribution in [1.29, 1.82) is 0 Å². The molecule has 0 aliphatic carbocycles. The Balaban J connectivity index is 1.25. The minimum absolute atomic E-state index is 0.0715. The van der Waals surface area contributed by atoms with Crippen molar-refractivity contribution in [1.82, 2.24) is 15.1 Å². The Labute approximate surface area is 150 Å². The lowest BCUT2D eigenvalue weighted by atomic mass is 10.00. The van der Waals surface area contributed by atoms with Gasteiger partial charge in [0.05, 0.1) is 6.04 Å². The number of carbonyl (C=O) groups excluding carboxylic acids is 1. The lowest BCUT2D eigenvalue weighted by molar-refractivity contribution is 0.0993. The second-order valence-corrected chi connectivity index (χ2v) is 7.58. The van der Waals surface area contributed by atoms with Crippen LogP contribution in [0.1, 0.15) is 37.7 Å². The third-order valence-corrected chi connectivity index (χ3v) is 5.87. The van der Waals surface area contributed by atoms with Gasteiger partial charge < -0.3 is 19.9 Å². The molecule has 136 valence electrons. The number of hydrogen-bond acceptors (Lipinski definition) is 3. The van der Waals surface area contributed by atoms with Crippen molar-refractivity contribution < 1.29 is 9.53 Å². The molecule has 1 atom stereocenters. The second kappa shape index (κ2) is 7.65. The van der Waals surface area contributed by atoms with Crippen LogP contribution in [0.3, 0.4) is 0 Å². The quantitative estimate of drug-likeness (QED) is 0.898. The number of urea groups is 1. The predicted molar refractivity (Wildman–Crippen MR) is 98.0 cm³/mol. The summed E-state index contributed by atoms with van der Waals surface area (Å²) in [4.78, 5) is 17.2. The monoisotopic (exact) mass is 343 g/mol. The van der Waals surface area contributed by atoms with Gasteiger partial charge in [-0.25, -0.2) is 4.79 Å². The lowest BCUT2D eigenvalue weighted by Gasteiger charge is -2.40. The number of carbonyl (C=O) groups is 1. The van der Waals surface area contributed by atoms with Crippen molar-refractivity contribution in [3.8, 4) is 5.75 Å². The molecule has 25 heavy (non-hydrogen) atoms. The number of piperidine rings is 2. The third kappa shape index (κ3) is 3.92. The lowest BCUT2D eigenvalue weighted by Crippen LogP contribution is -2.53. The van der Waals surface area contributed by atoms with E-state index < -0.39 is 0 Å². The summed E-state index contributed by atoms with van der Waals surface area (Å²) in [6, 6.07) is 8.92. The van der Waals surface area contributed by atoms with Crippen LogP contribution in [-0.2, 0) is 6.42 Å². The largest absolute Gasteiger partial charge is 0.491 e. The topological polar surface area (TPSA) is 44.8 Å². The molecule has 1 N–H and O–H groups in total. The van der Waals surface area contributed by atoms with Crippen LogP contribution in [-0.4, -0.2) is 60.7 Å². The van der Waals surface area contributed by atoms with Gasteiger partial charge in [-0.05, 0) is 56.8 Å². The van der Waals surface area contributed by atoms with E-state index >= 15 is 0 Å². The Hall–Kier alpha value is -1.75. The van der Waals surface area contributed by atoms with E-state index in [1.165, 1.54) is 37.9 Å². The average Bonchev–Trinajstić information content (AvgIpc) is 2.69. The molecule has 1 unspecified atom stereocenters. The minimum atomic E-state index is 0.0715. The highest BCUT2D eigenvalue weighted by atomic mass is 16.5. The highest BCUT2D eigenvalue weighted by Crippen LogP contribution is 2.24. The number of amides is 2. The third-order valence-electron chi connectivity index (χ3n) is 5.87. The normalized spacial score (nSPS) is 25.1. The van der Waals surface area contributed by atoms with E-state index in [4.69, 9.17) is 4.74 Å². The fourth-order valence-electron chi connectivity index (χ4n) is 4.40. The summed E-state index contributed by atoms with van der Waals surface area (Å²) in [6.07, 6.45) is 7.12. The first-order valence-corrected chi connectivity index (χ1v) is 9.80. The fraction of sp³-hybridized carbons (Fsp3) is 0.650. The van der Waals surface area contributed by atoms with Crippen LogP contribution >= 0.6 is 0 Å². The number of para-hydroxylation sites is 1. The summed E-state index contributed by atoms with van der Waals surface area (Å²) in [5.41, 5.74) is 1.18. The summed E-state index contributed by atoms with van der Waals surface area (Å²) in [7, 11) is 0. The molecule has 0 aromatic heterocycles. The van der Waals surface area contributed by atoms with Gasteiger partial charge in [-0.1, -0.05) is 24.6 Å². The van der Waals surface area contributed by atoms with E-state index in [0.717, 1.165) is 38.1 Å². The molecule has 5 heteroatoms. The molecule has 2 saturated heterocycles. The van der Waals surface area contributed by atoms with Crippen LogP contribution in [0.4, 0.5) is 4.79 Å². The highest BCUT2D eigenvalue weighted by Gasteiger charge is 2.29. The molecule has 1 aromatic carbocycles. The van der Waals surface area contributed by atoms with Crippen molar-refractivity contribution in [2.24, 2.45) is 0 Å². The molecule has 0 bridgehead atoms. The molecule has 1 aromatic rings. The molecule has 3 aliphatic rings. The molecule has 0 radical (unpaired) electrons.